The lowest BCUT2D eigenvalue weighted by molar-refractivity contribution is 0.317. The van der Waals surface area contributed by atoms with E-state index in [-0.39, 0.29) is 12.4 Å². The van der Waals surface area contributed by atoms with E-state index < -0.39 is 11.6 Å². The number of halogens is 2. The van der Waals surface area contributed by atoms with Gasteiger partial charge in [0.05, 0.1) is 6.54 Å². The first-order valence-corrected chi connectivity index (χ1v) is 4.24. The quantitative estimate of drug-likeness (QED) is 0.301. The lowest BCUT2D eigenvalue weighted by Crippen LogP contribution is -2.28. The van der Waals surface area contributed by atoms with Crippen LogP contribution in [0.2, 0.25) is 0 Å². The number of nitrogens with zero attached hydrogens (tertiary/aromatic N) is 1. The molecule has 0 heterocycles. The van der Waals surface area contributed by atoms with Crippen LogP contribution in [0, 0.1) is 11.6 Å². The summed E-state index contributed by atoms with van der Waals surface area (Å²) in [4.78, 5) is 0. The highest BCUT2D eigenvalue weighted by atomic mass is 19.2. The predicted octanol–water partition coefficient (Wildman–Crippen LogP) is 0.801. The molecule has 1 rings (SSSR count). The van der Waals surface area contributed by atoms with Crippen LogP contribution in [0.5, 0.6) is 0 Å². The molecule has 15 heavy (non-hydrogen) atoms. The Hall–Kier alpha value is -1.69. The van der Waals surface area contributed by atoms with Gasteiger partial charge >= 0.3 is 0 Å². The van der Waals surface area contributed by atoms with Crippen molar-refractivity contribution in [2.24, 2.45) is 10.9 Å². The highest BCUT2D eigenvalue weighted by molar-refractivity contribution is 5.81. The number of benzene rings is 1. The highest BCUT2D eigenvalue weighted by Gasteiger charge is 2.02. The second-order valence-electron chi connectivity index (χ2n) is 2.94. The van der Waals surface area contributed by atoms with E-state index in [1.807, 2.05) is 0 Å². The first-order valence-electron chi connectivity index (χ1n) is 4.24. The smallest absolute Gasteiger partial charge is 0.159 e. The van der Waals surface area contributed by atoms with Crippen LogP contribution in [-0.2, 0) is 6.54 Å². The van der Waals surface area contributed by atoms with Gasteiger partial charge in [-0.3, -0.25) is 0 Å². The molecule has 0 atom stereocenters. The monoisotopic (exact) mass is 215 g/mol. The molecule has 0 unspecified atom stereocenters. The summed E-state index contributed by atoms with van der Waals surface area (Å²) < 4.78 is 25.3. The maximum Gasteiger partial charge on any atom is 0.159 e. The second-order valence-corrected chi connectivity index (χ2v) is 2.94. The van der Waals surface area contributed by atoms with Gasteiger partial charge < -0.3 is 16.3 Å². The Balaban J connectivity index is 2.48. The first kappa shape index (κ1) is 11.4. The predicted molar refractivity (Wildman–Crippen MR) is 51.5 cm³/mol. The molecule has 4 N–H and O–H groups in total. The Morgan fingerprint density at radius 2 is 2.13 bits per heavy atom. The van der Waals surface area contributed by atoms with E-state index in [0.717, 1.165) is 12.1 Å². The van der Waals surface area contributed by atoms with E-state index in [1.165, 1.54) is 6.07 Å². The Labute approximate surface area is 85.4 Å². The molecule has 1 aromatic carbocycles. The van der Waals surface area contributed by atoms with Crippen molar-refractivity contribution in [1.82, 2.24) is 5.32 Å². The van der Waals surface area contributed by atoms with Gasteiger partial charge in [-0.1, -0.05) is 11.2 Å². The maximum atomic E-state index is 12.7. The average Bonchev–Trinajstić information content (AvgIpc) is 2.23. The van der Waals surface area contributed by atoms with Crippen molar-refractivity contribution >= 4 is 5.84 Å². The lowest BCUT2D eigenvalue weighted by atomic mass is 10.2. The summed E-state index contributed by atoms with van der Waals surface area (Å²) in [5.74, 6) is -1.74. The van der Waals surface area contributed by atoms with Gasteiger partial charge in [-0.05, 0) is 17.7 Å². The van der Waals surface area contributed by atoms with Crippen molar-refractivity contribution in [2.75, 3.05) is 6.54 Å². The summed E-state index contributed by atoms with van der Waals surface area (Å²) in [7, 11) is 0. The fourth-order valence-electron chi connectivity index (χ4n) is 1.02. The summed E-state index contributed by atoms with van der Waals surface area (Å²) in [6.45, 7) is 0.489. The molecule has 0 spiro atoms. The largest absolute Gasteiger partial charge is 0.409 e. The number of nitrogens with one attached hydrogen (secondary N) is 1. The third-order valence-electron chi connectivity index (χ3n) is 1.75. The van der Waals surface area contributed by atoms with Crippen molar-refractivity contribution in [1.29, 1.82) is 0 Å². The van der Waals surface area contributed by atoms with Crippen LogP contribution in [-0.4, -0.2) is 17.6 Å². The van der Waals surface area contributed by atoms with Gasteiger partial charge in [-0.25, -0.2) is 8.78 Å². The Kier molecular flexibility index (Phi) is 3.99. The fourth-order valence-corrected chi connectivity index (χ4v) is 1.02. The molecule has 0 saturated heterocycles. The normalized spacial score (nSPS) is 11.7. The van der Waals surface area contributed by atoms with E-state index >= 15 is 0 Å². The topological polar surface area (TPSA) is 70.6 Å². The number of rotatable bonds is 4. The molecule has 0 aliphatic rings. The number of nitrogens with two attached hydrogens (primary N) is 1. The van der Waals surface area contributed by atoms with Crippen molar-refractivity contribution in [3.8, 4) is 0 Å². The molecule has 0 aliphatic heterocycles. The zero-order chi connectivity index (χ0) is 11.3. The summed E-state index contributed by atoms with van der Waals surface area (Å²) in [5, 5.41) is 13.8. The molecule has 0 saturated carbocycles. The van der Waals surface area contributed by atoms with Gasteiger partial charge in [-0.15, -0.1) is 0 Å². The molecule has 0 fully saturated rings. The molecule has 0 radical (unpaired) electrons. The van der Waals surface area contributed by atoms with E-state index in [9.17, 15) is 8.78 Å². The van der Waals surface area contributed by atoms with Crippen LogP contribution in [0.3, 0.4) is 0 Å². The van der Waals surface area contributed by atoms with Gasteiger partial charge in [0.15, 0.2) is 17.5 Å². The minimum Gasteiger partial charge on any atom is -0.409 e. The minimum atomic E-state index is -0.891. The highest BCUT2D eigenvalue weighted by Crippen LogP contribution is 2.07. The maximum absolute atomic E-state index is 12.7. The average molecular weight is 215 g/mol. The number of hydrogen-bond donors (Lipinski definition) is 3. The number of hydrogen-bond acceptors (Lipinski definition) is 3. The number of amidine groups is 1. The minimum absolute atomic E-state index is 0.0255. The van der Waals surface area contributed by atoms with E-state index in [2.05, 4.69) is 10.5 Å². The van der Waals surface area contributed by atoms with E-state index in [1.54, 1.807) is 0 Å². The lowest BCUT2D eigenvalue weighted by Gasteiger charge is -2.03. The zero-order valence-electron chi connectivity index (χ0n) is 7.87. The Morgan fingerprint density at radius 3 is 2.73 bits per heavy atom. The van der Waals surface area contributed by atoms with Gasteiger partial charge in [0.2, 0.25) is 0 Å². The van der Waals surface area contributed by atoms with Crippen LogP contribution >= 0.6 is 0 Å². The molecular weight excluding hydrogens is 204 g/mol. The summed E-state index contributed by atoms with van der Waals surface area (Å²) in [6, 6.07) is 3.60. The summed E-state index contributed by atoms with van der Waals surface area (Å²) >= 11 is 0. The fraction of sp³-hybridized carbons (Fsp3) is 0.222. The van der Waals surface area contributed by atoms with Crippen molar-refractivity contribution in [3.05, 3.63) is 35.4 Å². The molecule has 0 bridgehead atoms. The van der Waals surface area contributed by atoms with Gasteiger partial charge in [0, 0.05) is 6.54 Å². The van der Waals surface area contributed by atoms with E-state index in [4.69, 9.17) is 10.9 Å². The molecule has 0 aromatic heterocycles. The van der Waals surface area contributed by atoms with Crippen LogP contribution in [0.4, 0.5) is 8.78 Å². The van der Waals surface area contributed by atoms with Crippen LogP contribution in [0.25, 0.3) is 0 Å². The molecule has 82 valence electrons. The summed E-state index contributed by atoms with van der Waals surface area (Å²) in [6.07, 6.45) is 0. The number of oxime groups is 1. The van der Waals surface area contributed by atoms with Gasteiger partial charge in [-0.2, -0.15) is 0 Å². The van der Waals surface area contributed by atoms with Crippen molar-refractivity contribution in [3.63, 3.8) is 0 Å². The zero-order valence-corrected chi connectivity index (χ0v) is 7.87. The SMILES string of the molecule is NC(CNCc1ccc(F)c(F)c1)=NO. The van der Waals surface area contributed by atoms with Crippen LogP contribution in [0.1, 0.15) is 5.56 Å². The molecule has 0 aliphatic carbocycles. The summed E-state index contributed by atoms with van der Waals surface area (Å²) in [5.41, 5.74) is 5.78. The standard InChI is InChI=1S/C9H11F2N3O/c10-7-2-1-6(3-8(7)11)4-13-5-9(12)14-15/h1-3,13,15H,4-5H2,(H2,12,14). The van der Waals surface area contributed by atoms with Crippen LogP contribution in [0.15, 0.2) is 23.4 Å². The molecular formula is C9H11F2N3O. The van der Waals surface area contributed by atoms with E-state index in [0.29, 0.717) is 12.1 Å². The Morgan fingerprint density at radius 1 is 1.40 bits per heavy atom. The molecule has 4 nitrogen and oxygen atoms in total. The molecule has 0 amide bonds. The van der Waals surface area contributed by atoms with Crippen LogP contribution < -0.4 is 11.1 Å². The van der Waals surface area contributed by atoms with Crippen molar-refractivity contribution in [2.45, 2.75) is 6.54 Å². The molecule has 6 heteroatoms. The van der Waals surface area contributed by atoms with Crippen molar-refractivity contribution < 1.29 is 14.0 Å². The third-order valence-corrected chi connectivity index (χ3v) is 1.75. The van der Waals surface area contributed by atoms with Gasteiger partial charge in [0.1, 0.15) is 0 Å². The second kappa shape index (κ2) is 5.26. The Bertz CT molecular complexity index is 368. The van der Waals surface area contributed by atoms with Gasteiger partial charge in [0.25, 0.3) is 0 Å². The third kappa shape index (κ3) is 3.51. The first-order chi connectivity index (χ1) is 7.13. The molecule has 1 aromatic rings.